The molecule has 1 unspecified atom stereocenters. The number of aromatic nitrogens is 3. The molecule has 0 fully saturated rings. The van der Waals surface area contributed by atoms with Crippen LogP contribution >= 0.6 is 11.6 Å². The largest absolute Gasteiger partial charge is 0.271 e. The van der Waals surface area contributed by atoms with Gasteiger partial charge < -0.3 is 0 Å². The van der Waals surface area contributed by atoms with Crippen molar-refractivity contribution >= 4 is 11.6 Å². The summed E-state index contributed by atoms with van der Waals surface area (Å²) in [6.45, 7) is 2.82. The minimum atomic E-state index is -0.409. The van der Waals surface area contributed by atoms with Gasteiger partial charge in [-0.25, -0.2) is 9.37 Å². The third-order valence-electron chi connectivity index (χ3n) is 3.05. The highest BCUT2D eigenvalue weighted by Gasteiger charge is 2.18. The van der Waals surface area contributed by atoms with Crippen LogP contribution in [0, 0.1) is 5.82 Å². The maximum atomic E-state index is 13.9. The van der Waals surface area contributed by atoms with Gasteiger partial charge in [-0.1, -0.05) is 18.5 Å². The van der Waals surface area contributed by atoms with Crippen molar-refractivity contribution in [2.45, 2.75) is 32.4 Å². The molecule has 1 aromatic carbocycles. The van der Waals surface area contributed by atoms with E-state index in [4.69, 9.17) is 17.4 Å². The molecule has 0 bridgehead atoms. The first-order valence-electron chi connectivity index (χ1n) is 6.43. The Morgan fingerprint density at radius 1 is 1.50 bits per heavy atom. The lowest BCUT2D eigenvalue weighted by Crippen LogP contribution is -2.31. The highest BCUT2D eigenvalue weighted by atomic mass is 35.5. The summed E-state index contributed by atoms with van der Waals surface area (Å²) >= 11 is 5.91. The quantitative estimate of drug-likeness (QED) is 0.634. The van der Waals surface area contributed by atoms with Crippen molar-refractivity contribution in [2.75, 3.05) is 0 Å². The second-order valence-corrected chi connectivity index (χ2v) is 4.93. The molecule has 108 valence electrons. The van der Waals surface area contributed by atoms with Gasteiger partial charge in [-0.15, -0.1) is 0 Å². The lowest BCUT2D eigenvalue weighted by Gasteiger charge is -2.17. The first-order valence-corrected chi connectivity index (χ1v) is 6.81. The van der Waals surface area contributed by atoms with Gasteiger partial charge in [0.15, 0.2) is 0 Å². The third-order valence-corrected chi connectivity index (χ3v) is 3.29. The van der Waals surface area contributed by atoms with E-state index in [1.807, 2.05) is 0 Å². The number of hydrogen-bond acceptors (Lipinski definition) is 4. The summed E-state index contributed by atoms with van der Waals surface area (Å²) in [6, 6.07) is 4.00. The molecule has 20 heavy (non-hydrogen) atoms. The summed E-state index contributed by atoms with van der Waals surface area (Å²) in [5.74, 6) is 5.96. The molecular weight excluding hydrogens is 281 g/mol. The van der Waals surface area contributed by atoms with E-state index in [-0.39, 0.29) is 5.82 Å². The number of nitrogens with two attached hydrogens (primary N) is 1. The smallest absolute Gasteiger partial charge is 0.138 e. The third kappa shape index (κ3) is 3.33. The molecule has 0 aliphatic heterocycles. The number of aryl methyl sites for hydroxylation is 1. The zero-order valence-corrected chi connectivity index (χ0v) is 11.9. The molecule has 1 atom stereocenters. The second-order valence-electron chi connectivity index (χ2n) is 4.49. The molecule has 1 aromatic heterocycles. The van der Waals surface area contributed by atoms with E-state index in [0.717, 1.165) is 18.8 Å². The lowest BCUT2D eigenvalue weighted by atomic mass is 10.0. The molecule has 0 aliphatic carbocycles. The van der Waals surface area contributed by atoms with Gasteiger partial charge in [0.05, 0.1) is 6.04 Å². The van der Waals surface area contributed by atoms with Crippen LogP contribution in [0.3, 0.4) is 0 Å². The predicted molar refractivity (Wildman–Crippen MR) is 75.5 cm³/mol. The van der Waals surface area contributed by atoms with Gasteiger partial charge in [-0.05, 0) is 24.6 Å². The Morgan fingerprint density at radius 3 is 3.00 bits per heavy atom. The average molecular weight is 298 g/mol. The van der Waals surface area contributed by atoms with Gasteiger partial charge in [-0.3, -0.25) is 16.0 Å². The molecule has 1 heterocycles. The normalized spacial score (nSPS) is 12.6. The van der Waals surface area contributed by atoms with Crippen molar-refractivity contribution in [3.8, 4) is 0 Å². The van der Waals surface area contributed by atoms with Crippen LogP contribution < -0.4 is 11.3 Å². The number of benzene rings is 1. The Morgan fingerprint density at radius 2 is 2.30 bits per heavy atom. The zero-order chi connectivity index (χ0) is 14.5. The Kier molecular flexibility index (Phi) is 5.05. The van der Waals surface area contributed by atoms with Crippen molar-refractivity contribution in [1.82, 2.24) is 20.2 Å². The highest BCUT2D eigenvalue weighted by molar-refractivity contribution is 6.30. The zero-order valence-electron chi connectivity index (χ0n) is 11.2. The summed E-state index contributed by atoms with van der Waals surface area (Å²) in [7, 11) is 0. The van der Waals surface area contributed by atoms with E-state index in [1.165, 1.54) is 18.5 Å². The molecule has 0 spiro atoms. The minimum Gasteiger partial charge on any atom is -0.271 e. The van der Waals surface area contributed by atoms with Crippen LogP contribution in [0.15, 0.2) is 24.5 Å². The Hall–Kier alpha value is -1.50. The molecular formula is C13H17ClFN5. The van der Waals surface area contributed by atoms with Gasteiger partial charge in [0, 0.05) is 23.6 Å². The summed E-state index contributed by atoms with van der Waals surface area (Å²) in [5.41, 5.74) is 3.04. The Bertz CT molecular complexity index is 572. The standard InChI is InChI=1S/C13H17ClFN5/c1-2-5-20-13(17-8-18-20)7-12(19-16)10-6-9(14)3-4-11(10)15/h3-4,6,8,12,19H,2,5,7,16H2,1H3. The average Bonchev–Trinajstić information content (AvgIpc) is 2.87. The Balaban J connectivity index is 2.24. The molecule has 7 heteroatoms. The van der Waals surface area contributed by atoms with Crippen LogP contribution in [0.4, 0.5) is 4.39 Å². The van der Waals surface area contributed by atoms with Crippen LogP contribution in [0.5, 0.6) is 0 Å². The number of hydrogen-bond donors (Lipinski definition) is 2. The van der Waals surface area contributed by atoms with Crippen molar-refractivity contribution < 1.29 is 4.39 Å². The van der Waals surface area contributed by atoms with E-state index < -0.39 is 6.04 Å². The summed E-state index contributed by atoms with van der Waals surface area (Å²) < 4.78 is 15.7. The van der Waals surface area contributed by atoms with Crippen molar-refractivity contribution in [3.63, 3.8) is 0 Å². The van der Waals surface area contributed by atoms with Crippen LogP contribution in [0.1, 0.15) is 30.8 Å². The van der Waals surface area contributed by atoms with Crippen molar-refractivity contribution in [3.05, 3.63) is 46.8 Å². The number of rotatable bonds is 6. The van der Waals surface area contributed by atoms with Crippen LogP contribution in [-0.4, -0.2) is 14.8 Å². The fourth-order valence-electron chi connectivity index (χ4n) is 2.07. The SMILES string of the molecule is CCCn1ncnc1CC(NN)c1cc(Cl)ccc1F. The lowest BCUT2D eigenvalue weighted by molar-refractivity contribution is 0.478. The molecule has 0 saturated heterocycles. The Labute approximate surface area is 121 Å². The fraction of sp³-hybridized carbons (Fsp3) is 0.385. The van der Waals surface area contributed by atoms with Gasteiger partial charge in [-0.2, -0.15) is 5.10 Å². The second kappa shape index (κ2) is 6.78. The predicted octanol–water partition coefficient (Wildman–Crippen LogP) is 2.23. The molecule has 2 rings (SSSR count). The van der Waals surface area contributed by atoms with Crippen LogP contribution in [0.25, 0.3) is 0 Å². The van der Waals surface area contributed by atoms with Crippen LogP contribution in [-0.2, 0) is 13.0 Å². The summed E-state index contributed by atoms with van der Waals surface area (Å²) in [6.07, 6.45) is 2.88. The van der Waals surface area contributed by atoms with Crippen molar-refractivity contribution in [2.24, 2.45) is 5.84 Å². The topological polar surface area (TPSA) is 68.8 Å². The number of hydrazine groups is 1. The van der Waals surface area contributed by atoms with E-state index >= 15 is 0 Å². The molecule has 3 N–H and O–H groups in total. The van der Waals surface area contributed by atoms with Crippen molar-refractivity contribution in [1.29, 1.82) is 0 Å². The van der Waals surface area contributed by atoms with Gasteiger partial charge in [0.2, 0.25) is 0 Å². The molecule has 0 radical (unpaired) electrons. The van der Waals surface area contributed by atoms with Gasteiger partial charge in [0.1, 0.15) is 18.0 Å². The van der Waals surface area contributed by atoms with Gasteiger partial charge in [0.25, 0.3) is 0 Å². The highest BCUT2D eigenvalue weighted by Crippen LogP contribution is 2.23. The van der Waals surface area contributed by atoms with E-state index in [0.29, 0.717) is 17.0 Å². The van der Waals surface area contributed by atoms with E-state index in [1.54, 1.807) is 10.7 Å². The summed E-state index contributed by atoms with van der Waals surface area (Å²) in [4.78, 5) is 4.20. The minimum absolute atomic E-state index is 0.348. The fourth-order valence-corrected chi connectivity index (χ4v) is 2.25. The van der Waals surface area contributed by atoms with E-state index in [2.05, 4.69) is 22.4 Å². The molecule has 0 aliphatic rings. The molecule has 0 amide bonds. The monoisotopic (exact) mass is 297 g/mol. The maximum absolute atomic E-state index is 13.9. The number of nitrogens with one attached hydrogen (secondary N) is 1. The molecule has 0 saturated carbocycles. The van der Waals surface area contributed by atoms with E-state index in [9.17, 15) is 4.39 Å². The number of halogens is 2. The van der Waals surface area contributed by atoms with Crippen LogP contribution in [0.2, 0.25) is 5.02 Å². The molecule has 5 nitrogen and oxygen atoms in total. The first kappa shape index (κ1) is 14.9. The number of nitrogens with zero attached hydrogens (tertiary/aromatic N) is 3. The molecule has 2 aromatic rings. The summed E-state index contributed by atoms with van der Waals surface area (Å²) in [5, 5.41) is 4.61. The van der Waals surface area contributed by atoms with Gasteiger partial charge >= 0.3 is 0 Å². The maximum Gasteiger partial charge on any atom is 0.138 e. The first-order chi connectivity index (χ1) is 9.65.